The van der Waals surface area contributed by atoms with Gasteiger partial charge in [0.05, 0.1) is 0 Å². The minimum Gasteiger partial charge on any atom is -0.365 e. The average molecular weight is 266 g/mol. The van der Waals surface area contributed by atoms with Crippen molar-refractivity contribution in [1.82, 2.24) is 5.32 Å². The van der Waals surface area contributed by atoms with Crippen molar-refractivity contribution in [2.24, 2.45) is 11.3 Å². The molecule has 1 fully saturated rings. The van der Waals surface area contributed by atoms with Gasteiger partial charge in [0.2, 0.25) is 0 Å². The van der Waals surface area contributed by atoms with Gasteiger partial charge in [-0.2, -0.15) is 11.3 Å². The number of nitrogens with one attached hydrogen (secondary N) is 1. The van der Waals surface area contributed by atoms with Crippen LogP contribution in [-0.4, -0.2) is 25.2 Å². The van der Waals surface area contributed by atoms with Gasteiger partial charge in [-0.25, -0.2) is 0 Å². The van der Waals surface area contributed by atoms with Crippen molar-refractivity contribution in [2.75, 3.05) is 18.0 Å². The monoisotopic (exact) mass is 266 g/mol. The summed E-state index contributed by atoms with van der Waals surface area (Å²) in [6.45, 7) is 13.8. The Morgan fingerprint density at radius 3 is 2.61 bits per heavy atom. The molecule has 18 heavy (non-hydrogen) atoms. The SMILES string of the molecule is CC(C)C1CNC(C(C)(C)C)CN1c1ccsc1. The van der Waals surface area contributed by atoms with Crippen LogP contribution in [0.25, 0.3) is 0 Å². The normalized spacial score (nSPS) is 25.8. The van der Waals surface area contributed by atoms with E-state index in [2.05, 4.69) is 61.7 Å². The molecule has 2 nitrogen and oxygen atoms in total. The van der Waals surface area contributed by atoms with Gasteiger partial charge >= 0.3 is 0 Å². The summed E-state index contributed by atoms with van der Waals surface area (Å²) < 4.78 is 0. The fourth-order valence-corrected chi connectivity index (χ4v) is 3.31. The maximum atomic E-state index is 3.74. The topological polar surface area (TPSA) is 15.3 Å². The van der Waals surface area contributed by atoms with E-state index in [4.69, 9.17) is 0 Å². The number of hydrogen-bond donors (Lipinski definition) is 1. The summed E-state index contributed by atoms with van der Waals surface area (Å²) in [5, 5.41) is 8.20. The smallest absolute Gasteiger partial charge is 0.0478 e. The first-order chi connectivity index (χ1) is 8.39. The van der Waals surface area contributed by atoms with Crippen LogP contribution in [0, 0.1) is 11.3 Å². The summed E-state index contributed by atoms with van der Waals surface area (Å²) in [5.41, 5.74) is 1.71. The quantitative estimate of drug-likeness (QED) is 0.880. The second kappa shape index (κ2) is 5.22. The molecule has 0 aliphatic carbocycles. The van der Waals surface area contributed by atoms with Gasteiger partial charge in [-0.15, -0.1) is 0 Å². The second-order valence-electron chi connectivity index (χ2n) is 6.77. The minimum absolute atomic E-state index is 0.316. The molecule has 2 rings (SSSR count). The van der Waals surface area contributed by atoms with Crippen molar-refractivity contribution in [1.29, 1.82) is 0 Å². The number of hydrogen-bond acceptors (Lipinski definition) is 3. The lowest BCUT2D eigenvalue weighted by Crippen LogP contribution is -2.61. The fraction of sp³-hybridized carbons (Fsp3) is 0.733. The Labute approximate surface area is 115 Å². The standard InChI is InChI=1S/C15H26N2S/c1-11(2)13-8-16-14(15(3,4)5)9-17(13)12-6-7-18-10-12/h6-7,10-11,13-14,16H,8-9H2,1-5H3. The molecule has 102 valence electrons. The van der Waals surface area contributed by atoms with E-state index in [1.165, 1.54) is 5.69 Å². The van der Waals surface area contributed by atoms with E-state index >= 15 is 0 Å². The molecule has 0 radical (unpaired) electrons. The Hall–Kier alpha value is -0.540. The Bertz CT molecular complexity index is 364. The third kappa shape index (κ3) is 2.89. The molecule has 1 aliphatic heterocycles. The fourth-order valence-electron chi connectivity index (χ4n) is 2.66. The van der Waals surface area contributed by atoms with Gasteiger partial charge < -0.3 is 10.2 Å². The zero-order valence-corrected chi connectivity index (χ0v) is 13.1. The van der Waals surface area contributed by atoms with Gasteiger partial charge in [-0.05, 0) is 22.8 Å². The highest BCUT2D eigenvalue weighted by Gasteiger charge is 2.35. The molecule has 1 aliphatic rings. The van der Waals surface area contributed by atoms with Crippen molar-refractivity contribution in [3.63, 3.8) is 0 Å². The molecule has 0 bridgehead atoms. The highest BCUT2D eigenvalue weighted by atomic mass is 32.1. The largest absolute Gasteiger partial charge is 0.365 e. The van der Waals surface area contributed by atoms with Gasteiger partial charge in [0, 0.05) is 36.2 Å². The molecular weight excluding hydrogens is 240 g/mol. The molecule has 1 saturated heterocycles. The van der Waals surface area contributed by atoms with E-state index in [9.17, 15) is 0 Å². The van der Waals surface area contributed by atoms with Crippen LogP contribution in [0.5, 0.6) is 0 Å². The van der Waals surface area contributed by atoms with E-state index in [0.29, 0.717) is 23.4 Å². The Morgan fingerprint density at radius 2 is 2.11 bits per heavy atom. The molecule has 0 spiro atoms. The third-order valence-electron chi connectivity index (χ3n) is 4.01. The second-order valence-corrected chi connectivity index (χ2v) is 7.55. The number of rotatable bonds is 2. The first-order valence-electron chi connectivity index (χ1n) is 6.92. The molecule has 0 aromatic carbocycles. The molecule has 2 unspecified atom stereocenters. The Morgan fingerprint density at radius 1 is 1.39 bits per heavy atom. The summed E-state index contributed by atoms with van der Waals surface area (Å²) in [6, 6.07) is 3.43. The zero-order chi connectivity index (χ0) is 13.3. The van der Waals surface area contributed by atoms with Gasteiger partial charge in [0.25, 0.3) is 0 Å². The molecule has 2 heterocycles. The summed E-state index contributed by atoms with van der Waals surface area (Å²) in [5.74, 6) is 0.679. The van der Waals surface area contributed by atoms with Crippen LogP contribution in [0.4, 0.5) is 5.69 Å². The number of thiophene rings is 1. The number of piperazine rings is 1. The Balaban J connectivity index is 2.19. The summed E-state index contributed by atoms with van der Waals surface area (Å²) in [4.78, 5) is 2.60. The highest BCUT2D eigenvalue weighted by Crippen LogP contribution is 2.30. The third-order valence-corrected chi connectivity index (χ3v) is 4.68. The van der Waals surface area contributed by atoms with Crippen LogP contribution in [0.15, 0.2) is 16.8 Å². The maximum Gasteiger partial charge on any atom is 0.0478 e. The molecule has 1 aromatic rings. The molecule has 0 amide bonds. The van der Waals surface area contributed by atoms with Crippen molar-refractivity contribution in [3.8, 4) is 0 Å². The van der Waals surface area contributed by atoms with Crippen molar-refractivity contribution in [3.05, 3.63) is 16.8 Å². The lowest BCUT2D eigenvalue weighted by molar-refractivity contribution is 0.221. The highest BCUT2D eigenvalue weighted by molar-refractivity contribution is 7.08. The van der Waals surface area contributed by atoms with Gasteiger partial charge in [-0.1, -0.05) is 34.6 Å². The van der Waals surface area contributed by atoms with Crippen LogP contribution in [0.1, 0.15) is 34.6 Å². The summed E-state index contributed by atoms with van der Waals surface area (Å²) >= 11 is 1.79. The molecule has 1 aromatic heterocycles. The summed E-state index contributed by atoms with van der Waals surface area (Å²) in [6.07, 6.45) is 0. The molecule has 0 saturated carbocycles. The minimum atomic E-state index is 0.316. The molecule has 1 N–H and O–H groups in total. The van der Waals surface area contributed by atoms with E-state index in [-0.39, 0.29) is 0 Å². The van der Waals surface area contributed by atoms with E-state index in [0.717, 1.165) is 13.1 Å². The van der Waals surface area contributed by atoms with E-state index in [1.807, 2.05) is 0 Å². The molecule has 3 heteroatoms. The van der Waals surface area contributed by atoms with Crippen LogP contribution >= 0.6 is 11.3 Å². The number of nitrogens with zero attached hydrogens (tertiary/aromatic N) is 1. The molecule has 2 atom stereocenters. The number of anilines is 1. The van der Waals surface area contributed by atoms with Crippen molar-refractivity contribution in [2.45, 2.75) is 46.7 Å². The van der Waals surface area contributed by atoms with Gasteiger partial charge in [0.15, 0.2) is 0 Å². The van der Waals surface area contributed by atoms with Crippen molar-refractivity contribution < 1.29 is 0 Å². The van der Waals surface area contributed by atoms with Crippen LogP contribution in [-0.2, 0) is 0 Å². The van der Waals surface area contributed by atoms with E-state index in [1.54, 1.807) is 11.3 Å². The Kier molecular flexibility index (Phi) is 4.02. The lowest BCUT2D eigenvalue weighted by Gasteiger charge is -2.47. The van der Waals surface area contributed by atoms with Crippen LogP contribution in [0.3, 0.4) is 0 Å². The first kappa shape index (κ1) is 13.9. The zero-order valence-electron chi connectivity index (χ0n) is 12.2. The van der Waals surface area contributed by atoms with Crippen LogP contribution in [0.2, 0.25) is 0 Å². The lowest BCUT2D eigenvalue weighted by atomic mass is 9.83. The first-order valence-corrected chi connectivity index (χ1v) is 7.86. The van der Waals surface area contributed by atoms with Crippen molar-refractivity contribution >= 4 is 17.0 Å². The maximum absolute atomic E-state index is 3.74. The molecular formula is C15H26N2S. The predicted octanol–water partition coefficient (Wildman–Crippen LogP) is 3.60. The van der Waals surface area contributed by atoms with Gasteiger partial charge in [0.1, 0.15) is 0 Å². The average Bonchev–Trinajstić information content (AvgIpc) is 2.80. The van der Waals surface area contributed by atoms with E-state index < -0.39 is 0 Å². The van der Waals surface area contributed by atoms with Gasteiger partial charge in [-0.3, -0.25) is 0 Å². The summed E-state index contributed by atoms with van der Waals surface area (Å²) in [7, 11) is 0. The predicted molar refractivity (Wildman–Crippen MR) is 81.5 cm³/mol. The van der Waals surface area contributed by atoms with Crippen LogP contribution < -0.4 is 10.2 Å².